The van der Waals surface area contributed by atoms with E-state index in [1.165, 1.54) is 19.2 Å². The lowest BCUT2D eigenvalue weighted by Crippen LogP contribution is -2.40. The second kappa shape index (κ2) is 10.8. The number of hydrogen-bond acceptors (Lipinski definition) is 11. The van der Waals surface area contributed by atoms with Gasteiger partial charge < -0.3 is 29.4 Å². The third-order valence-electron chi connectivity index (χ3n) is 6.59. The molecule has 11 heteroatoms. The van der Waals surface area contributed by atoms with Crippen molar-refractivity contribution in [1.82, 2.24) is 0 Å². The molecule has 1 unspecified atom stereocenters. The Labute approximate surface area is 234 Å². The van der Waals surface area contributed by atoms with Gasteiger partial charge in [0.25, 0.3) is 0 Å². The monoisotopic (exact) mass is 553 g/mol. The van der Waals surface area contributed by atoms with E-state index < -0.39 is 23.8 Å². The highest BCUT2D eigenvalue weighted by Crippen LogP contribution is 2.50. The summed E-state index contributed by atoms with van der Waals surface area (Å²) in [6, 6.07) is 20.3. The predicted octanol–water partition coefficient (Wildman–Crippen LogP) is 4.27. The van der Waals surface area contributed by atoms with Crippen molar-refractivity contribution >= 4 is 23.6 Å². The Morgan fingerprint density at radius 3 is 2.05 bits per heavy atom. The van der Waals surface area contributed by atoms with E-state index in [4.69, 9.17) is 29.4 Å². The molecule has 2 aliphatic heterocycles. The average molecular weight is 554 g/mol. The lowest BCUT2D eigenvalue weighted by molar-refractivity contribution is -0.139. The van der Waals surface area contributed by atoms with Crippen molar-refractivity contribution in [3.63, 3.8) is 0 Å². The van der Waals surface area contributed by atoms with Crippen LogP contribution in [0.2, 0.25) is 0 Å². The summed E-state index contributed by atoms with van der Waals surface area (Å²) in [6.07, 6.45) is 0. The molecule has 0 spiro atoms. The molecule has 2 aliphatic rings. The number of rotatable bonds is 5. The molecule has 0 aromatic heterocycles. The fourth-order valence-electron chi connectivity index (χ4n) is 4.79. The van der Waals surface area contributed by atoms with Crippen LogP contribution in [0.4, 0.5) is 5.69 Å². The van der Waals surface area contributed by atoms with Gasteiger partial charge in [-0.05, 0) is 23.8 Å². The molecule has 0 aliphatic carbocycles. The molecule has 0 amide bonds. The minimum Gasteiger partial charge on any atom is -0.466 e. The van der Waals surface area contributed by atoms with Gasteiger partial charge in [-0.2, -0.15) is 5.26 Å². The molecule has 206 valence electrons. The maximum atomic E-state index is 13.4. The van der Waals surface area contributed by atoms with Gasteiger partial charge in [-0.1, -0.05) is 42.5 Å². The number of methoxy groups -OCH3 is 3. The lowest BCUT2D eigenvalue weighted by atomic mass is 9.81. The van der Waals surface area contributed by atoms with Crippen LogP contribution in [0.1, 0.15) is 21.8 Å². The van der Waals surface area contributed by atoms with Gasteiger partial charge in [-0.15, -0.1) is 0 Å². The summed E-state index contributed by atoms with van der Waals surface area (Å²) in [5, 5.41) is 10.3. The van der Waals surface area contributed by atoms with Crippen LogP contribution >= 0.6 is 0 Å². The van der Waals surface area contributed by atoms with Gasteiger partial charge in [0.15, 0.2) is 23.0 Å². The van der Waals surface area contributed by atoms with E-state index in [0.717, 1.165) is 19.1 Å². The smallest absolute Gasteiger partial charge is 0.355 e. The zero-order valence-corrected chi connectivity index (χ0v) is 22.2. The standard InChI is InChI=1S/C30H23N3O8/c1-37-28(34)18-13-17(14-22-26(18)41-21-12-8-7-11-20(21)40-22)33-25(30(36)39-3)24(29(35)38-2)23(19(15-31)27(33)32)16-9-5-4-6-10-16/h4-14,23H,32H2,1-3H3. The highest BCUT2D eigenvalue weighted by Gasteiger charge is 2.43. The Hall–Kier alpha value is -5.76. The van der Waals surface area contributed by atoms with E-state index in [9.17, 15) is 19.6 Å². The van der Waals surface area contributed by atoms with Gasteiger partial charge in [-0.25, -0.2) is 14.4 Å². The van der Waals surface area contributed by atoms with Gasteiger partial charge in [0, 0.05) is 6.07 Å². The average Bonchev–Trinajstić information content (AvgIpc) is 3.01. The second-order valence-electron chi connectivity index (χ2n) is 8.80. The topological polar surface area (TPSA) is 150 Å². The summed E-state index contributed by atoms with van der Waals surface area (Å²) < 4.78 is 27.1. The molecule has 5 rings (SSSR count). The predicted molar refractivity (Wildman–Crippen MR) is 144 cm³/mol. The van der Waals surface area contributed by atoms with Crippen molar-refractivity contribution in [2.75, 3.05) is 26.2 Å². The van der Waals surface area contributed by atoms with E-state index in [1.54, 1.807) is 54.6 Å². The molecule has 1 atom stereocenters. The molecule has 11 nitrogen and oxygen atoms in total. The number of hydrogen-bond donors (Lipinski definition) is 1. The third kappa shape index (κ3) is 4.47. The molecule has 2 heterocycles. The first-order chi connectivity index (χ1) is 19.8. The lowest BCUT2D eigenvalue weighted by Gasteiger charge is -2.36. The molecular weight excluding hydrogens is 530 g/mol. The Morgan fingerprint density at radius 1 is 0.829 bits per heavy atom. The number of nitrogens with zero attached hydrogens (tertiary/aromatic N) is 2. The number of anilines is 1. The van der Waals surface area contributed by atoms with Crippen molar-refractivity contribution < 1.29 is 38.1 Å². The summed E-state index contributed by atoms with van der Waals surface area (Å²) in [5.74, 6) is -2.92. The number of carbonyl (C=O) groups is 3. The fourth-order valence-corrected chi connectivity index (χ4v) is 4.79. The molecule has 2 N–H and O–H groups in total. The largest absolute Gasteiger partial charge is 0.466 e. The third-order valence-corrected chi connectivity index (χ3v) is 6.59. The highest BCUT2D eigenvalue weighted by molar-refractivity contribution is 6.07. The van der Waals surface area contributed by atoms with Gasteiger partial charge in [0.2, 0.25) is 0 Å². The van der Waals surface area contributed by atoms with Crippen LogP contribution in [0.15, 0.2) is 89.4 Å². The number of ether oxygens (including phenoxy) is 5. The Bertz CT molecular complexity index is 1690. The summed E-state index contributed by atoms with van der Waals surface area (Å²) in [7, 11) is 3.49. The molecule has 3 aromatic rings. The zero-order valence-electron chi connectivity index (χ0n) is 22.2. The van der Waals surface area contributed by atoms with Crippen LogP contribution in [0.5, 0.6) is 23.0 Å². The maximum Gasteiger partial charge on any atom is 0.355 e. The van der Waals surface area contributed by atoms with Crippen molar-refractivity contribution in [3.8, 4) is 29.1 Å². The SMILES string of the molecule is COC(=O)C1=C(C(=O)OC)N(c2cc3c(c(C(=O)OC)c2)Oc2ccccc2O3)C(N)=C(C#N)C1c1ccccc1. The van der Waals surface area contributed by atoms with Gasteiger partial charge in [0.05, 0.1) is 50.2 Å². The molecule has 3 aromatic carbocycles. The molecule has 0 bridgehead atoms. The Morgan fingerprint density at radius 2 is 1.44 bits per heavy atom. The molecule has 0 radical (unpaired) electrons. The van der Waals surface area contributed by atoms with E-state index in [2.05, 4.69) is 6.07 Å². The molecule has 0 saturated heterocycles. The number of nitriles is 1. The number of fused-ring (bicyclic) bond motifs is 2. The molecule has 41 heavy (non-hydrogen) atoms. The number of carbonyl (C=O) groups excluding carboxylic acids is 3. The van der Waals surface area contributed by atoms with Crippen molar-refractivity contribution in [1.29, 1.82) is 5.26 Å². The summed E-state index contributed by atoms with van der Waals surface area (Å²) in [4.78, 5) is 40.8. The van der Waals surface area contributed by atoms with Crippen molar-refractivity contribution in [2.24, 2.45) is 5.73 Å². The van der Waals surface area contributed by atoms with Gasteiger partial charge >= 0.3 is 17.9 Å². The minimum atomic E-state index is -1.05. The first-order valence-corrected chi connectivity index (χ1v) is 12.2. The van der Waals surface area contributed by atoms with Gasteiger partial charge in [-0.3, -0.25) is 4.90 Å². The quantitative estimate of drug-likeness (QED) is 0.279. The van der Waals surface area contributed by atoms with Gasteiger partial charge in [0.1, 0.15) is 17.1 Å². The Balaban J connectivity index is 1.81. The highest BCUT2D eigenvalue weighted by atomic mass is 16.6. The van der Waals surface area contributed by atoms with E-state index >= 15 is 0 Å². The first-order valence-electron chi connectivity index (χ1n) is 12.2. The summed E-state index contributed by atoms with van der Waals surface area (Å²) >= 11 is 0. The number of allylic oxidation sites excluding steroid dienone is 1. The summed E-state index contributed by atoms with van der Waals surface area (Å²) in [5.41, 5.74) is 6.61. The minimum absolute atomic E-state index is 0.0379. The number of benzene rings is 3. The van der Waals surface area contributed by atoms with E-state index in [1.807, 2.05) is 0 Å². The van der Waals surface area contributed by atoms with Crippen LogP contribution < -0.4 is 20.1 Å². The van der Waals surface area contributed by atoms with Crippen LogP contribution in [-0.2, 0) is 23.8 Å². The molecule has 0 saturated carbocycles. The summed E-state index contributed by atoms with van der Waals surface area (Å²) in [6.45, 7) is 0. The van der Waals surface area contributed by atoms with Crippen LogP contribution in [0.3, 0.4) is 0 Å². The van der Waals surface area contributed by atoms with Crippen LogP contribution in [0.25, 0.3) is 0 Å². The number of para-hydroxylation sites is 2. The normalized spacial score (nSPS) is 15.5. The Kier molecular flexibility index (Phi) is 7.05. The zero-order chi connectivity index (χ0) is 29.3. The number of esters is 3. The number of nitrogens with two attached hydrogens (primary N) is 1. The molecule has 0 fully saturated rings. The van der Waals surface area contributed by atoms with Crippen LogP contribution in [0, 0.1) is 11.3 Å². The van der Waals surface area contributed by atoms with Crippen molar-refractivity contribution in [2.45, 2.75) is 5.92 Å². The van der Waals surface area contributed by atoms with Crippen LogP contribution in [-0.4, -0.2) is 39.2 Å². The maximum absolute atomic E-state index is 13.4. The van der Waals surface area contributed by atoms with E-state index in [-0.39, 0.29) is 45.4 Å². The molecular formula is C30H23N3O8. The fraction of sp³-hybridized carbons (Fsp3) is 0.133. The van der Waals surface area contributed by atoms with Crippen molar-refractivity contribution in [3.05, 3.63) is 101 Å². The second-order valence-corrected chi connectivity index (χ2v) is 8.80. The first kappa shape index (κ1) is 26.8. The van der Waals surface area contributed by atoms with E-state index in [0.29, 0.717) is 17.1 Å².